The molecule has 0 bridgehead atoms. The maximum Gasteiger partial charge on any atom is 0.417 e. The molecule has 0 aliphatic carbocycles. The summed E-state index contributed by atoms with van der Waals surface area (Å²) in [4.78, 5) is 34.6. The average molecular weight is 441 g/mol. The first-order valence-electron chi connectivity index (χ1n) is 8.70. The van der Waals surface area contributed by atoms with Gasteiger partial charge in [0.05, 0.1) is 5.56 Å². The molecule has 0 heterocycles. The van der Waals surface area contributed by atoms with Gasteiger partial charge in [0.2, 0.25) is 12.0 Å². The Labute approximate surface area is 173 Å². The molecule has 2 aromatic rings. The van der Waals surface area contributed by atoms with Crippen LogP contribution in [0.25, 0.3) is 11.1 Å². The molecule has 11 heteroatoms. The number of hydrogen-bond acceptors (Lipinski definition) is 5. The molecule has 8 nitrogen and oxygen atoms in total. The van der Waals surface area contributed by atoms with E-state index in [1.54, 1.807) is 18.2 Å². The van der Waals surface area contributed by atoms with Crippen LogP contribution in [-0.2, 0) is 27.1 Å². The Morgan fingerprint density at radius 2 is 1.61 bits per heavy atom. The number of amides is 1. The van der Waals surface area contributed by atoms with Crippen LogP contribution in [0.4, 0.5) is 13.2 Å². The molecule has 0 saturated carbocycles. The third kappa shape index (κ3) is 4.84. The van der Waals surface area contributed by atoms with Crippen molar-refractivity contribution in [3.05, 3.63) is 59.7 Å². The number of hydrogen-bond donors (Lipinski definition) is 4. The van der Waals surface area contributed by atoms with Gasteiger partial charge in [-0.2, -0.15) is 13.2 Å². The molecule has 2 rings (SSSR count). The van der Waals surface area contributed by atoms with Crippen molar-refractivity contribution in [3.63, 3.8) is 0 Å². The van der Waals surface area contributed by atoms with Crippen LogP contribution in [0.2, 0.25) is 0 Å². The van der Waals surface area contributed by atoms with E-state index in [0.29, 0.717) is 6.07 Å². The second kappa shape index (κ2) is 8.74. The van der Waals surface area contributed by atoms with Crippen molar-refractivity contribution >= 4 is 17.8 Å². The van der Waals surface area contributed by atoms with Crippen LogP contribution < -0.4 is 0 Å². The third-order valence-corrected chi connectivity index (χ3v) is 4.54. The van der Waals surface area contributed by atoms with E-state index in [9.17, 15) is 42.9 Å². The van der Waals surface area contributed by atoms with Crippen LogP contribution in [-0.4, -0.2) is 55.0 Å². The third-order valence-electron chi connectivity index (χ3n) is 4.54. The lowest BCUT2D eigenvalue weighted by atomic mass is 9.96. The second-order valence-electron chi connectivity index (χ2n) is 6.62. The van der Waals surface area contributed by atoms with Gasteiger partial charge in [0.1, 0.15) is 0 Å². The molecule has 2 aromatic carbocycles. The van der Waals surface area contributed by atoms with Gasteiger partial charge < -0.3 is 20.4 Å². The van der Waals surface area contributed by atoms with E-state index in [0.717, 1.165) is 13.0 Å². The number of alkyl halides is 3. The minimum Gasteiger partial charge on any atom is -0.479 e. The highest BCUT2D eigenvalue weighted by Crippen LogP contribution is 2.38. The van der Waals surface area contributed by atoms with Gasteiger partial charge in [0.15, 0.2) is 0 Å². The summed E-state index contributed by atoms with van der Waals surface area (Å²) in [5.74, 6) is -5.60. The summed E-state index contributed by atoms with van der Waals surface area (Å²) in [6, 6.07) is 10.6. The number of nitrogens with zero attached hydrogens (tertiary/aromatic N) is 1. The smallest absolute Gasteiger partial charge is 0.417 e. The first-order valence-corrected chi connectivity index (χ1v) is 8.70. The molecular formula is C20H18F3NO7. The van der Waals surface area contributed by atoms with E-state index in [2.05, 4.69) is 0 Å². The van der Waals surface area contributed by atoms with Crippen LogP contribution in [0.3, 0.4) is 0 Å². The van der Waals surface area contributed by atoms with Gasteiger partial charge in [-0.25, -0.2) is 9.59 Å². The van der Waals surface area contributed by atoms with E-state index < -0.39 is 48.0 Å². The number of aliphatic hydroxyl groups is 2. The van der Waals surface area contributed by atoms with E-state index in [1.807, 2.05) is 0 Å². The van der Waals surface area contributed by atoms with Gasteiger partial charge in [-0.05, 0) is 22.8 Å². The molecule has 0 radical (unpaired) electrons. The van der Waals surface area contributed by atoms with E-state index in [-0.39, 0.29) is 21.6 Å². The summed E-state index contributed by atoms with van der Waals surface area (Å²) in [5, 5.41) is 38.2. The molecule has 31 heavy (non-hydrogen) atoms. The topological polar surface area (TPSA) is 135 Å². The number of halogens is 3. The van der Waals surface area contributed by atoms with Crippen LogP contribution in [0.1, 0.15) is 18.1 Å². The minimum absolute atomic E-state index is 0.0752. The first-order chi connectivity index (χ1) is 14.3. The summed E-state index contributed by atoms with van der Waals surface area (Å²) < 4.78 is 41.0. The maximum absolute atomic E-state index is 13.7. The maximum atomic E-state index is 13.7. The van der Waals surface area contributed by atoms with Crippen LogP contribution >= 0.6 is 0 Å². The normalized spacial score (nSPS) is 14.4. The highest BCUT2D eigenvalue weighted by Gasteiger charge is 2.54. The predicted octanol–water partition coefficient (Wildman–Crippen LogP) is 1.94. The molecule has 1 amide bonds. The van der Waals surface area contributed by atoms with Gasteiger partial charge in [-0.15, -0.1) is 0 Å². The summed E-state index contributed by atoms with van der Waals surface area (Å²) in [5.41, 5.74) is -4.87. The monoisotopic (exact) mass is 441 g/mol. The number of carboxylic acids is 2. The lowest BCUT2D eigenvalue weighted by molar-refractivity contribution is -0.217. The second-order valence-corrected chi connectivity index (χ2v) is 6.62. The minimum atomic E-state index is -4.81. The fraction of sp³-hybridized carbons (Fsp3) is 0.250. The van der Waals surface area contributed by atoms with Crippen molar-refractivity contribution in [2.24, 2.45) is 0 Å². The molecule has 0 fully saturated rings. The molecule has 2 atom stereocenters. The van der Waals surface area contributed by atoms with Crippen LogP contribution in [0, 0.1) is 0 Å². The van der Waals surface area contributed by atoms with Crippen molar-refractivity contribution in [2.45, 2.75) is 31.5 Å². The molecule has 2 unspecified atom stereocenters. The zero-order valence-corrected chi connectivity index (χ0v) is 16.0. The summed E-state index contributed by atoms with van der Waals surface area (Å²) in [6.07, 6.45) is -7.77. The van der Waals surface area contributed by atoms with Crippen molar-refractivity contribution in [3.8, 4) is 11.1 Å². The van der Waals surface area contributed by atoms with Crippen molar-refractivity contribution in [2.75, 3.05) is 0 Å². The zero-order chi connectivity index (χ0) is 23.6. The Bertz CT molecular complexity index is 994. The van der Waals surface area contributed by atoms with Crippen molar-refractivity contribution in [1.82, 2.24) is 4.90 Å². The number of aliphatic hydroxyl groups excluding tert-OH is 1. The predicted molar refractivity (Wildman–Crippen MR) is 99.3 cm³/mol. The van der Waals surface area contributed by atoms with E-state index >= 15 is 0 Å². The average Bonchev–Trinajstić information content (AvgIpc) is 2.70. The summed E-state index contributed by atoms with van der Waals surface area (Å²) >= 11 is 0. The molecular weight excluding hydrogens is 423 g/mol. The summed E-state index contributed by atoms with van der Waals surface area (Å²) in [6.45, 7) is -0.147. The molecule has 0 aromatic heterocycles. The summed E-state index contributed by atoms with van der Waals surface area (Å²) in [7, 11) is 0. The lowest BCUT2D eigenvalue weighted by Gasteiger charge is -2.37. The van der Waals surface area contributed by atoms with Crippen LogP contribution in [0.15, 0.2) is 48.5 Å². The Morgan fingerprint density at radius 1 is 1.03 bits per heavy atom. The van der Waals surface area contributed by atoms with Gasteiger partial charge in [0.25, 0.3) is 5.72 Å². The molecule has 4 N–H and O–H groups in total. The van der Waals surface area contributed by atoms with E-state index in [4.69, 9.17) is 5.11 Å². The zero-order valence-electron chi connectivity index (χ0n) is 16.0. The van der Waals surface area contributed by atoms with Crippen LogP contribution in [0.5, 0.6) is 0 Å². The fourth-order valence-corrected chi connectivity index (χ4v) is 3.00. The number of carboxylic acid groups (broad SMARTS) is 2. The number of carbonyl (C=O) groups excluding carboxylic acids is 1. The number of rotatable bonds is 7. The molecule has 0 saturated heterocycles. The fourth-order valence-electron chi connectivity index (χ4n) is 3.00. The Hall–Kier alpha value is -3.44. The molecule has 166 valence electrons. The van der Waals surface area contributed by atoms with Gasteiger partial charge in [-0.3, -0.25) is 9.69 Å². The number of carbonyl (C=O) groups is 3. The molecule has 0 aliphatic heterocycles. The van der Waals surface area contributed by atoms with Gasteiger partial charge in [0, 0.05) is 13.5 Å². The highest BCUT2D eigenvalue weighted by atomic mass is 19.4. The standard InChI is InChI=1S/C20H18F3NO7/c1-11(25)24(19(31,18(29)30)16(26)17(27)28)10-12-7-8-14(13-5-3-2-4-6-13)15(9-12)20(21,22)23/h2-9,16,26,31H,10H2,1H3,(H,27,28)(H,29,30). The first kappa shape index (κ1) is 23.8. The molecule has 0 aliphatic rings. The SMILES string of the molecule is CC(=O)N(Cc1ccc(-c2ccccc2)c(C(F)(F)F)c1)C(O)(C(=O)O)C(O)C(=O)O. The Balaban J connectivity index is 2.58. The number of benzene rings is 2. The Morgan fingerprint density at radius 3 is 2.06 bits per heavy atom. The van der Waals surface area contributed by atoms with Gasteiger partial charge in [-0.1, -0.05) is 42.5 Å². The van der Waals surface area contributed by atoms with E-state index in [1.165, 1.54) is 18.2 Å². The van der Waals surface area contributed by atoms with Gasteiger partial charge >= 0.3 is 18.1 Å². The largest absolute Gasteiger partial charge is 0.479 e. The lowest BCUT2D eigenvalue weighted by Crippen LogP contribution is -2.65. The number of aliphatic carboxylic acids is 2. The molecule has 0 spiro atoms. The van der Waals surface area contributed by atoms with Crippen molar-refractivity contribution < 1.29 is 48.0 Å². The van der Waals surface area contributed by atoms with Crippen molar-refractivity contribution in [1.29, 1.82) is 0 Å². The Kier molecular flexibility index (Phi) is 6.72. The quantitative estimate of drug-likeness (QED) is 0.482. The highest BCUT2D eigenvalue weighted by molar-refractivity contribution is 5.90.